The summed E-state index contributed by atoms with van der Waals surface area (Å²) in [4.78, 5) is 45.6. The maximum absolute atomic E-state index is 13.2. The number of pyridine rings is 2. The van der Waals surface area contributed by atoms with E-state index in [1.807, 2.05) is 54.6 Å². The number of methoxy groups -OCH3 is 1. The zero-order valence-corrected chi connectivity index (χ0v) is 29.5. The fourth-order valence-corrected chi connectivity index (χ4v) is 7.31. The largest absolute Gasteiger partial charge is 0.481 e. The molecule has 0 saturated carbocycles. The molecule has 2 fully saturated rings. The van der Waals surface area contributed by atoms with Crippen LogP contribution in [0.4, 0.5) is 0 Å². The second-order valence-electron chi connectivity index (χ2n) is 12.8. The molecule has 0 aliphatic carbocycles. The number of ether oxygens (including phenoxy) is 1. The van der Waals surface area contributed by atoms with Crippen LogP contribution in [-0.4, -0.2) is 58.5 Å². The molecule has 0 bridgehead atoms. The number of rotatable bonds is 12. The number of halogens is 2. The maximum atomic E-state index is 13.2. The molecule has 51 heavy (non-hydrogen) atoms. The number of fused-ring (bicyclic) bond motifs is 1. The highest BCUT2D eigenvalue weighted by molar-refractivity contribution is 6.39. The number of nitrogens with zero attached hydrogens (tertiary/aromatic N) is 3. The van der Waals surface area contributed by atoms with Crippen LogP contribution in [0.5, 0.6) is 5.88 Å². The van der Waals surface area contributed by atoms with Gasteiger partial charge >= 0.3 is 0 Å². The number of nitrogens with one attached hydrogen (secondary N) is 4. The lowest BCUT2D eigenvalue weighted by molar-refractivity contribution is -0.120. The Hall–Kier alpha value is -4.81. The van der Waals surface area contributed by atoms with E-state index < -0.39 is 0 Å². The normalized spacial score (nSPS) is 17.2. The van der Waals surface area contributed by atoms with Crippen LogP contribution < -0.4 is 31.6 Å². The number of carbonyl (C=O) groups is 2. The summed E-state index contributed by atoms with van der Waals surface area (Å²) < 4.78 is 7.15. The highest BCUT2D eigenvalue weighted by atomic mass is 35.5. The molecule has 11 nitrogen and oxygen atoms in total. The SMILES string of the molecule is COc1nc(-c2cccc(-c3cccc(-c4ccc5nc(CNC[C@H]6CCC(=O)N6)cc(=O)n5c4)c3Cl)c2Cl)ccc1CNC[C@@H]1CCC(=O)N1. The lowest BCUT2D eigenvalue weighted by atomic mass is 9.97. The zero-order valence-electron chi connectivity index (χ0n) is 28.0. The molecule has 5 heterocycles. The van der Waals surface area contributed by atoms with Crippen molar-refractivity contribution in [2.45, 2.75) is 50.9 Å². The van der Waals surface area contributed by atoms with Crippen molar-refractivity contribution in [1.29, 1.82) is 0 Å². The molecule has 262 valence electrons. The fraction of sp³-hybridized carbons (Fsp3) is 0.289. The van der Waals surface area contributed by atoms with E-state index >= 15 is 0 Å². The number of hydrogen-bond donors (Lipinski definition) is 4. The van der Waals surface area contributed by atoms with Gasteiger partial charge in [-0.05, 0) is 31.0 Å². The third kappa shape index (κ3) is 7.62. The first-order chi connectivity index (χ1) is 24.8. The number of benzene rings is 2. The Labute approximate surface area is 304 Å². The minimum Gasteiger partial charge on any atom is -0.481 e. The molecule has 2 saturated heterocycles. The Morgan fingerprint density at radius 1 is 0.784 bits per heavy atom. The van der Waals surface area contributed by atoms with E-state index in [4.69, 9.17) is 32.9 Å². The van der Waals surface area contributed by atoms with Crippen LogP contribution in [0.3, 0.4) is 0 Å². The summed E-state index contributed by atoms with van der Waals surface area (Å²) in [5.74, 6) is 0.647. The summed E-state index contributed by atoms with van der Waals surface area (Å²) in [5, 5.41) is 13.6. The smallest absolute Gasteiger partial charge is 0.258 e. The number of carbonyl (C=O) groups excluding carboxylic acids is 2. The molecule has 3 aromatic heterocycles. The van der Waals surface area contributed by atoms with Crippen molar-refractivity contribution in [2.75, 3.05) is 20.2 Å². The van der Waals surface area contributed by atoms with Crippen molar-refractivity contribution in [2.24, 2.45) is 0 Å². The first-order valence-electron chi connectivity index (χ1n) is 16.9. The van der Waals surface area contributed by atoms with Gasteiger partial charge in [0.1, 0.15) is 5.65 Å². The first-order valence-corrected chi connectivity index (χ1v) is 17.7. The molecule has 2 aromatic carbocycles. The summed E-state index contributed by atoms with van der Waals surface area (Å²) >= 11 is 14.2. The van der Waals surface area contributed by atoms with Crippen LogP contribution in [0.1, 0.15) is 36.9 Å². The average Bonchev–Trinajstić information content (AvgIpc) is 3.75. The first kappa shape index (κ1) is 34.6. The predicted molar refractivity (Wildman–Crippen MR) is 198 cm³/mol. The van der Waals surface area contributed by atoms with Crippen LogP contribution in [0.25, 0.3) is 39.2 Å². The van der Waals surface area contributed by atoms with E-state index in [1.54, 1.807) is 19.4 Å². The van der Waals surface area contributed by atoms with Crippen molar-refractivity contribution < 1.29 is 14.3 Å². The maximum Gasteiger partial charge on any atom is 0.258 e. The Morgan fingerprint density at radius 2 is 1.41 bits per heavy atom. The van der Waals surface area contributed by atoms with Gasteiger partial charge in [-0.3, -0.25) is 18.8 Å². The van der Waals surface area contributed by atoms with Crippen molar-refractivity contribution in [3.05, 3.63) is 105 Å². The average molecular weight is 727 g/mol. The van der Waals surface area contributed by atoms with Gasteiger partial charge in [0.15, 0.2) is 0 Å². The van der Waals surface area contributed by atoms with Crippen molar-refractivity contribution >= 4 is 40.7 Å². The molecular formula is C38H37Cl2N7O4. The van der Waals surface area contributed by atoms with Gasteiger partial charge in [0.25, 0.3) is 5.56 Å². The third-order valence-corrected chi connectivity index (χ3v) is 10.1. The van der Waals surface area contributed by atoms with Gasteiger partial charge in [0, 0.05) is 96.7 Å². The summed E-state index contributed by atoms with van der Waals surface area (Å²) in [5.41, 5.74) is 6.17. The van der Waals surface area contributed by atoms with Gasteiger partial charge < -0.3 is 26.0 Å². The predicted octanol–water partition coefficient (Wildman–Crippen LogP) is 5.14. The lowest BCUT2D eigenvalue weighted by Gasteiger charge is -2.16. The topological polar surface area (TPSA) is 139 Å². The van der Waals surface area contributed by atoms with E-state index in [-0.39, 0.29) is 29.5 Å². The van der Waals surface area contributed by atoms with Gasteiger partial charge in [-0.2, -0.15) is 0 Å². The Balaban J connectivity index is 1.10. The van der Waals surface area contributed by atoms with Gasteiger partial charge in [-0.1, -0.05) is 65.7 Å². The molecule has 5 aromatic rings. The van der Waals surface area contributed by atoms with Gasteiger partial charge in [0.05, 0.1) is 28.5 Å². The van der Waals surface area contributed by atoms with Gasteiger partial charge in [-0.15, -0.1) is 0 Å². The molecule has 0 unspecified atom stereocenters. The summed E-state index contributed by atoms with van der Waals surface area (Å²) in [6.07, 6.45) is 4.48. The minimum atomic E-state index is -0.206. The second-order valence-corrected chi connectivity index (χ2v) is 13.6. The molecule has 2 atom stereocenters. The highest BCUT2D eigenvalue weighted by Gasteiger charge is 2.22. The quantitative estimate of drug-likeness (QED) is 0.139. The number of amides is 2. The van der Waals surface area contributed by atoms with Crippen molar-refractivity contribution in [3.8, 4) is 39.4 Å². The number of hydrogen-bond acceptors (Lipinski definition) is 8. The molecule has 0 spiro atoms. The molecule has 2 aliphatic rings. The molecule has 2 aliphatic heterocycles. The van der Waals surface area contributed by atoms with E-state index in [0.29, 0.717) is 72.0 Å². The van der Waals surface area contributed by atoms with E-state index in [1.165, 1.54) is 10.5 Å². The van der Waals surface area contributed by atoms with Crippen LogP contribution in [0.2, 0.25) is 10.0 Å². The van der Waals surface area contributed by atoms with E-state index in [9.17, 15) is 14.4 Å². The highest BCUT2D eigenvalue weighted by Crippen LogP contribution is 2.42. The minimum absolute atomic E-state index is 0.0696. The van der Waals surface area contributed by atoms with Crippen molar-refractivity contribution in [1.82, 2.24) is 35.6 Å². The Bertz CT molecular complexity index is 2190. The third-order valence-electron chi connectivity index (χ3n) is 9.29. The van der Waals surface area contributed by atoms with Crippen molar-refractivity contribution in [3.63, 3.8) is 0 Å². The molecular weight excluding hydrogens is 689 g/mol. The Morgan fingerprint density at radius 3 is 2.06 bits per heavy atom. The van der Waals surface area contributed by atoms with E-state index in [2.05, 4.69) is 26.3 Å². The molecule has 0 radical (unpaired) electrons. The van der Waals surface area contributed by atoms with Crippen LogP contribution in [0.15, 0.2) is 77.7 Å². The lowest BCUT2D eigenvalue weighted by Crippen LogP contribution is -2.35. The molecule has 13 heteroatoms. The van der Waals surface area contributed by atoms with Crippen LogP contribution >= 0.6 is 23.2 Å². The van der Waals surface area contributed by atoms with Gasteiger partial charge in [0.2, 0.25) is 17.7 Å². The monoisotopic (exact) mass is 725 g/mol. The standard InChI is InChI=1S/C38H37Cl2N7O4/c1-51-38-22(17-41-18-24-10-14-33(48)44-24)8-12-31(46-38)30-7-3-6-29(37(30)40)28-5-2-4-27(36(28)39)23-9-13-32-43-26(16-35(50)47(32)21-23)20-42-19-25-11-15-34(49)45-25/h2-9,12-13,16,21,24-25,41-42H,10-11,14-15,17-20H2,1H3,(H,44,48)(H,45,49)/t24-,25+/m0/s1. The molecule has 4 N–H and O–H groups in total. The molecule has 2 amide bonds. The summed E-state index contributed by atoms with van der Waals surface area (Å²) in [7, 11) is 1.59. The number of aromatic nitrogens is 3. The van der Waals surface area contributed by atoms with Gasteiger partial charge in [-0.25, -0.2) is 9.97 Å². The van der Waals surface area contributed by atoms with E-state index in [0.717, 1.165) is 46.2 Å². The summed E-state index contributed by atoms with van der Waals surface area (Å²) in [6, 6.07) is 20.8. The Kier molecular flexibility index (Phi) is 10.3. The van der Waals surface area contributed by atoms with Crippen LogP contribution in [-0.2, 0) is 22.7 Å². The molecule has 7 rings (SSSR count). The van der Waals surface area contributed by atoms with Crippen LogP contribution in [0, 0.1) is 0 Å². The fourth-order valence-electron chi connectivity index (χ4n) is 6.65. The summed E-state index contributed by atoms with van der Waals surface area (Å²) in [6.45, 7) is 2.24. The second kappa shape index (κ2) is 15.2. The zero-order chi connectivity index (χ0) is 35.5.